The Morgan fingerprint density at radius 2 is 1.85 bits per heavy atom. The van der Waals surface area contributed by atoms with Gasteiger partial charge in [0.05, 0.1) is 17.7 Å². The second-order valence-corrected chi connectivity index (χ2v) is 7.95. The Morgan fingerprint density at radius 3 is 2.50 bits per heavy atom. The van der Waals surface area contributed by atoms with Crippen LogP contribution in [0.4, 0.5) is 11.4 Å². The van der Waals surface area contributed by atoms with Gasteiger partial charge in [-0.15, -0.1) is 0 Å². The molecule has 1 amide bonds. The van der Waals surface area contributed by atoms with Crippen LogP contribution >= 0.6 is 0 Å². The standard InChI is InChI=1S/C19H22N2O4S/c1-3-21(15-7-9-16(25-2)10-8-15)26(23,24)17-11-12-18-14(13-17)5-4-6-19(22)20-18/h7-13H,3-6H2,1-2H3,(H,20,22). The molecule has 26 heavy (non-hydrogen) atoms. The Labute approximate surface area is 153 Å². The summed E-state index contributed by atoms with van der Waals surface area (Å²) in [6, 6.07) is 11.8. The summed E-state index contributed by atoms with van der Waals surface area (Å²) < 4.78 is 32.8. The van der Waals surface area contributed by atoms with Crippen molar-refractivity contribution in [1.82, 2.24) is 0 Å². The minimum atomic E-state index is -3.70. The quantitative estimate of drug-likeness (QED) is 0.872. The number of amides is 1. The van der Waals surface area contributed by atoms with E-state index >= 15 is 0 Å². The molecule has 1 aliphatic rings. The number of sulfonamides is 1. The summed E-state index contributed by atoms with van der Waals surface area (Å²) in [6.07, 6.45) is 1.83. The van der Waals surface area contributed by atoms with Crippen molar-refractivity contribution in [1.29, 1.82) is 0 Å². The lowest BCUT2D eigenvalue weighted by Gasteiger charge is -2.23. The maximum Gasteiger partial charge on any atom is 0.264 e. The third-order valence-electron chi connectivity index (χ3n) is 4.44. The van der Waals surface area contributed by atoms with Crippen molar-refractivity contribution in [2.75, 3.05) is 23.3 Å². The molecular formula is C19H22N2O4S. The summed E-state index contributed by atoms with van der Waals surface area (Å²) in [5, 5.41) is 2.83. The number of methoxy groups -OCH3 is 1. The monoisotopic (exact) mass is 374 g/mol. The largest absolute Gasteiger partial charge is 0.497 e. The number of hydrogen-bond donors (Lipinski definition) is 1. The fourth-order valence-electron chi connectivity index (χ4n) is 3.08. The Hall–Kier alpha value is -2.54. The van der Waals surface area contributed by atoms with Crippen LogP contribution in [-0.2, 0) is 21.2 Å². The maximum absolute atomic E-state index is 13.2. The molecule has 7 heteroatoms. The molecule has 2 aromatic rings. The van der Waals surface area contributed by atoms with Crippen molar-refractivity contribution in [3.63, 3.8) is 0 Å². The summed E-state index contributed by atoms with van der Waals surface area (Å²) in [7, 11) is -2.14. The van der Waals surface area contributed by atoms with E-state index in [1.807, 2.05) is 0 Å². The first kappa shape index (κ1) is 18.3. The fraction of sp³-hybridized carbons (Fsp3) is 0.316. The summed E-state index contributed by atoms with van der Waals surface area (Å²) in [6.45, 7) is 2.11. The van der Waals surface area contributed by atoms with Crippen LogP contribution in [0, 0.1) is 0 Å². The molecule has 6 nitrogen and oxygen atoms in total. The highest BCUT2D eigenvalue weighted by Crippen LogP contribution is 2.29. The molecule has 0 spiro atoms. The molecule has 0 atom stereocenters. The number of hydrogen-bond acceptors (Lipinski definition) is 4. The van der Waals surface area contributed by atoms with Crippen LogP contribution < -0.4 is 14.4 Å². The third-order valence-corrected chi connectivity index (χ3v) is 6.34. The zero-order chi connectivity index (χ0) is 18.7. The Balaban J connectivity index is 1.97. The van der Waals surface area contributed by atoms with Crippen molar-refractivity contribution < 1.29 is 17.9 Å². The lowest BCUT2D eigenvalue weighted by molar-refractivity contribution is -0.116. The van der Waals surface area contributed by atoms with E-state index in [0.29, 0.717) is 42.9 Å². The van der Waals surface area contributed by atoms with Gasteiger partial charge in [0.1, 0.15) is 5.75 Å². The first-order valence-corrected chi connectivity index (χ1v) is 9.99. The smallest absolute Gasteiger partial charge is 0.264 e. The zero-order valence-corrected chi connectivity index (χ0v) is 15.7. The molecule has 1 N–H and O–H groups in total. The molecule has 0 radical (unpaired) electrons. The number of nitrogens with zero attached hydrogens (tertiary/aromatic N) is 1. The highest BCUT2D eigenvalue weighted by Gasteiger charge is 2.25. The van der Waals surface area contributed by atoms with Gasteiger partial charge in [-0.05, 0) is 67.8 Å². The number of nitrogens with one attached hydrogen (secondary N) is 1. The van der Waals surface area contributed by atoms with Gasteiger partial charge < -0.3 is 10.1 Å². The molecule has 0 bridgehead atoms. The van der Waals surface area contributed by atoms with Gasteiger partial charge in [-0.25, -0.2) is 8.42 Å². The highest BCUT2D eigenvalue weighted by molar-refractivity contribution is 7.92. The summed E-state index contributed by atoms with van der Waals surface area (Å²) >= 11 is 0. The van der Waals surface area contributed by atoms with Gasteiger partial charge in [0.15, 0.2) is 0 Å². The number of carbonyl (C=O) groups is 1. The van der Waals surface area contributed by atoms with E-state index in [2.05, 4.69) is 5.32 Å². The summed E-state index contributed by atoms with van der Waals surface area (Å²) in [4.78, 5) is 11.9. The van der Waals surface area contributed by atoms with Crippen LogP contribution in [0.25, 0.3) is 0 Å². The van der Waals surface area contributed by atoms with Gasteiger partial charge >= 0.3 is 0 Å². The van der Waals surface area contributed by atoms with Crippen LogP contribution in [-0.4, -0.2) is 28.0 Å². The van der Waals surface area contributed by atoms with Gasteiger partial charge in [0.2, 0.25) is 5.91 Å². The van der Waals surface area contributed by atoms with Crippen molar-refractivity contribution in [3.05, 3.63) is 48.0 Å². The summed E-state index contributed by atoms with van der Waals surface area (Å²) in [5.74, 6) is 0.635. The number of benzene rings is 2. The Bertz CT molecular complexity index is 908. The van der Waals surface area contributed by atoms with Crippen LogP contribution in [0.3, 0.4) is 0 Å². The maximum atomic E-state index is 13.2. The third kappa shape index (κ3) is 3.53. The Morgan fingerprint density at radius 1 is 1.12 bits per heavy atom. The number of fused-ring (bicyclic) bond motifs is 1. The molecule has 0 fully saturated rings. The lowest BCUT2D eigenvalue weighted by Crippen LogP contribution is -2.30. The van der Waals surface area contributed by atoms with E-state index in [-0.39, 0.29) is 10.8 Å². The molecule has 3 rings (SSSR count). The molecule has 0 aliphatic carbocycles. The number of aryl methyl sites for hydroxylation is 1. The van der Waals surface area contributed by atoms with Gasteiger partial charge in [0, 0.05) is 18.7 Å². The van der Waals surface area contributed by atoms with E-state index in [9.17, 15) is 13.2 Å². The Kier molecular flexibility index (Phi) is 5.18. The molecule has 2 aromatic carbocycles. The second kappa shape index (κ2) is 7.37. The minimum Gasteiger partial charge on any atom is -0.497 e. The van der Waals surface area contributed by atoms with Crippen LogP contribution in [0.2, 0.25) is 0 Å². The molecule has 0 saturated heterocycles. The zero-order valence-electron chi connectivity index (χ0n) is 14.9. The normalized spacial score (nSPS) is 14.2. The van der Waals surface area contributed by atoms with E-state index in [1.54, 1.807) is 56.5 Å². The predicted octanol–water partition coefficient (Wildman–Crippen LogP) is 3.19. The SMILES string of the molecule is CCN(c1ccc(OC)cc1)S(=O)(=O)c1ccc2c(c1)CCCC(=O)N2. The second-order valence-electron chi connectivity index (χ2n) is 6.09. The van der Waals surface area contributed by atoms with Crippen molar-refractivity contribution in [2.24, 2.45) is 0 Å². The molecule has 0 saturated carbocycles. The topological polar surface area (TPSA) is 75.7 Å². The first-order chi connectivity index (χ1) is 12.5. The predicted molar refractivity (Wildman–Crippen MR) is 101 cm³/mol. The van der Waals surface area contributed by atoms with Crippen LogP contribution in [0.15, 0.2) is 47.4 Å². The average molecular weight is 374 g/mol. The van der Waals surface area contributed by atoms with Crippen molar-refractivity contribution in [3.8, 4) is 5.75 Å². The van der Waals surface area contributed by atoms with Gasteiger partial charge in [-0.2, -0.15) is 0 Å². The van der Waals surface area contributed by atoms with E-state index in [1.165, 1.54) is 4.31 Å². The number of ether oxygens (including phenoxy) is 1. The first-order valence-electron chi connectivity index (χ1n) is 8.55. The van der Waals surface area contributed by atoms with Crippen molar-refractivity contribution in [2.45, 2.75) is 31.1 Å². The average Bonchev–Trinajstić information content (AvgIpc) is 2.82. The van der Waals surface area contributed by atoms with E-state index in [4.69, 9.17) is 4.74 Å². The van der Waals surface area contributed by atoms with Crippen LogP contribution in [0.1, 0.15) is 25.3 Å². The summed E-state index contributed by atoms with van der Waals surface area (Å²) in [5.41, 5.74) is 2.12. The molecule has 1 heterocycles. The van der Waals surface area contributed by atoms with Crippen molar-refractivity contribution >= 4 is 27.3 Å². The van der Waals surface area contributed by atoms with Crippen LogP contribution in [0.5, 0.6) is 5.75 Å². The molecule has 1 aliphatic heterocycles. The minimum absolute atomic E-state index is 0.0345. The highest BCUT2D eigenvalue weighted by atomic mass is 32.2. The molecule has 0 aromatic heterocycles. The number of carbonyl (C=O) groups excluding carboxylic acids is 1. The number of rotatable bonds is 5. The molecular weight excluding hydrogens is 352 g/mol. The van der Waals surface area contributed by atoms with Gasteiger partial charge in [-0.1, -0.05) is 0 Å². The fourth-order valence-corrected chi connectivity index (χ4v) is 4.60. The van der Waals surface area contributed by atoms with Gasteiger partial charge in [0.25, 0.3) is 10.0 Å². The van der Waals surface area contributed by atoms with E-state index < -0.39 is 10.0 Å². The van der Waals surface area contributed by atoms with Gasteiger partial charge in [-0.3, -0.25) is 9.10 Å². The lowest BCUT2D eigenvalue weighted by atomic mass is 10.1. The number of anilines is 2. The molecule has 0 unspecified atom stereocenters. The van der Waals surface area contributed by atoms with E-state index in [0.717, 1.165) is 5.56 Å². The molecule has 138 valence electrons.